The van der Waals surface area contributed by atoms with Crippen molar-refractivity contribution in [2.24, 2.45) is 5.92 Å². The Morgan fingerprint density at radius 3 is 2.59 bits per heavy atom. The first kappa shape index (κ1) is 20.2. The summed E-state index contributed by atoms with van der Waals surface area (Å²) in [5, 5.41) is 7.08. The van der Waals surface area contributed by atoms with E-state index in [9.17, 15) is 18.4 Å². The maximum atomic E-state index is 13.5. The molecule has 0 bridgehead atoms. The molecule has 0 fully saturated rings. The number of benzene rings is 1. The molecule has 150 valence electrons. The molecule has 1 aromatic carbocycles. The Morgan fingerprint density at radius 1 is 1.14 bits per heavy atom. The van der Waals surface area contributed by atoms with Crippen LogP contribution in [0.2, 0.25) is 0 Å². The number of hydrogen-bond donors (Lipinski definition) is 1. The van der Waals surface area contributed by atoms with Crippen molar-refractivity contribution in [3.8, 4) is 11.3 Å². The Hall–Kier alpha value is -3.49. The van der Waals surface area contributed by atoms with Crippen LogP contribution in [0, 0.1) is 17.6 Å². The van der Waals surface area contributed by atoms with Gasteiger partial charge in [-0.05, 0) is 30.2 Å². The molecule has 0 aliphatic rings. The molecular weight excluding hydrogens is 380 g/mol. The third-order valence-electron chi connectivity index (χ3n) is 4.37. The van der Waals surface area contributed by atoms with Gasteiger partial charge in [-0.3, -0.25) is 14.6 Å². The van der Waals surface area contributed by atoms with Crippen molar-refractivity contribution in [1.82, 2.24) is 25.1 Å². The maximum Gasteiger partial charge on any atom is 0.271 e. The van der Waals surface area contributed by atoms with E-state index in [1.807, 2.05) is 13.8 Å². The highest BCUT2D eigenvalue weighted by atomic mass is 19.2. The average Bonchev–Trinajstić information content (AvgIpc) is 2.71. The van der Waals surface area contributed by atoms with Crippen LogP contribution in [0.3, 0.4) is 0 Å². The summed E-state index contributed by atoms with van der Waals surface area (Å²) in [5.74, 6) is -2.40. The second-order valence-corrected chi connectivity index (χ2v) is 6.78. The fourth-order valence-corrected chi connectivity index (χ4v) is 2.66. The Kier molecular flexibility index (Phi) is 6.06. The van der Waals surface area contributed by atoms with Crippen molar-refractivity contribution >= 4 is 5.91 Å². The molecule has 2 heterocycles. The third-order valence-corrected chi connectivity index (χ3v) is 4.37. The van der Waals surface area contributed by atoms with Gasteiger partial charge in [0.25, 0.3) is 11.5 Å². The van der Waals surface area contributed by atoms with Gasteiger partial charge in [-0.15, -0.1) is 0 Å². The minimum absolute atomic E-state index is 0.0174. The van der Waals surface area contributed by atoms with Crippen molar-refractivity contribution < 1.29 is 13.6 Å². The van der Waals surface area contributed by atoms with Gasteiger partial charge in [-0.1, -0.05) is 13.8 Å². The zero-order valence-corrected chi connectivity index (χ0v) is 15.8. The number of halogens is 2. The lowest BCUT2D eigenvalue weighted by atomic mass is 10.0. The fourth-order valence-electron chi connectivity index (χ4n) is 2.66. The first-order chi connectivity index (χ1) is 13.8. The topological polar surface area (TPSA) is 89.8 Å². The summed E-state index contributed by atoms with van der Waals surface area (Å²) in [5.41, 5.74) is 0.429. The molecule has 3 rings (SSSR count). The van der Waals surface area contributed by atoms with Gasteiger partial charge in [0.05, 0.1) is 24.5 Å². The van der Waals surface area contributed by atoms with Gasteiger partial charge in [0.2, 0.25) is 0 Å². The highest BCUT2D eigenvalue weighted by Gasteiger charge is 2.20. The number of aromatic nitrogens is 4. The number of hydrogen-bond acceptors (Lipinski definition) is 5. The smallest absolute Gasteiger partial charge is 0.271 e. The second-order valence-electron chi connectivity index (χ2n) is 6.78. The van der Waals surface area contributed by atoms with Gasteiger partial charge in [-0.25, -0.2) is 18.4 Å². The van der Waals surface area contributed by atoms with E-state index in [1.54, 1.807) is 0 Å². The number of rotatable bonds is 6. The quantitative estimate of drug-likeness (QED) is 0.688. The van der Waals surface area contributed by atoms with Crippen molar-refractivity contribution in [2.75, 3.05) is 0 Å². The molecular formula is C20H19F2N5O2. The van der Waals surface area contributed by atoms with Crippen molar-refractivity contribution in [1.29, 1.82) is 0 Å². The van der Waals surface area contributed by atoms with Gasteiger partial charge >= 0.3 is 0 Å². The summed E-state index contributed by atoms with van der Waals surface area (Å²) in [6, 6.07) is 5.71. The van der Waals surface area contributed by atoms with E-state index in [4.69, 9.17) is 0 Å². The molecule has 0 saturated carbocycles. The largest absolute Gasteiger partial charge is 0.346 e. The van der Waals surface area contributed by atoms with E-state index in [2.05, 4.69) is 20.4 Å². The van der Waals surface area contributed by atoms with Gasteiger partial charge in [0, 0.05) is 24.0 Å². The first-order valence-corrected chi connectivity index (χ1v) is 8.95. The first-order valence-electron chi connectivity index (χ1n) is 8.95. The lowest BCUT2D eigenvalue weighted by Crippen LogP contribution is -2.44. The van der Waals surface area contributed by atoms with Gasteiger partial charge < -0.3 is 5.32 Å². The van der Waals surface area contributed by atoms with Crippen molar-refractivity contribution in [3.63, 3.8) is 0 Å². The molecule has 3 aromatic rings. The Labute approximate surface area is 165 Å². The number of carbonyl (C=O) groups excluding carboxylic acids is 1. The summed E-state index contributed by atoms with van der Waals surface area (Å²) in [6.07, 6.45) is 4.22. The molecule has 9 heteroatoms. The molecule has 1 amide bonds. The Bertz CT molecular complexity index is 1070. The number of amides is 1. The van der Waals surface area contributed by atoms with Crippen LogP contribution in [0.15, 0.2) is 53.7 Å². The highest BCUT2D eigenvalue weighted by Crippen LogP contribution is 2.18. The van der Waals surface area contributed by atoms with E-state index < -0.39 is 23.6 Å². The molecule has 29 heavy (non-hydrogen) atoms. The normalized spacial score (nSPS) is 12.0. The van der Waals surface area contributed by atoms with Crippen LogP contribution in [-0.4, -0.2) is 31.7 Å². The SMILES string of the molecule is CC(C)[C@H](Cn1nc(-c2ccc(F)c(F)c2)ccc1=O)NC(=O)c1cnccn1. The minimum Gasteiger partial charge on any atom is -0.346 e. The lowest BCUT2D eigenvalue weighted by molar-refractivity contribution is 0.0913. The van der Waals surface area contributed by atoms with Crippen LogP contribution in [0.5, 0.6) is 0 Å². The van der Waals surface area contributed by atoms with Crippen LogP contribution in [-0.2, 0) is 6.54 Å². The van der Waals surface area contributed by atoms with Crippen LogP contribution in [0.1, 0.15) is 24.3 Å². The number of carbonyl (C=O) groups is 1. The zero-order chi connectivity index (χ0) is 21.0. The number of nitrogens with one attached hydrogen (secondary N) is 1. The van der Waals surface area contributed by atoms with Gasteiger partial charge in [0.1, 0.15) is 5.69 Å². The molecule has 0 aliphatic heterocycles. The fraction of sp³-hybridized carbons (Fsp3) is 0.250. The molecule has 1 N–H and O–H groups in total. The summed E-state index contributed by atoms with van der Waals surface area (Å²) in [7, 11) is 0. The van der Waals surface area contributed by atoms with Crippen molar-refractivity contribution in [2.45, 2.75) is 26.4 Å². The van der Waals surface area contributed by atoms with Crippen LogP contribution in [0.25, 0.3) is 11.3 Å². The summed E-state index contributed by atoms with van der Waals surface area (Å²) in [6.45, 7) is 3.89. The van der Waals surface area contributed by atoms with Gasteiger partial charge in [-0.2, -0.15) is 5.10 Å². The molecule has 2 aromatic heterocycles. The van der Waals surface area contributed by atoms with Crippen LogP contribution < -0.4 is 10.9 Å². The molecule has 7 nitrogen and oxygen atoms in total. The molecule has 0 saturated heterocycles. The average molecular weight is 399 g/mol. The number of nitrogens with zero attached hydrogens (tertiary/aromatic N) is 4. The van der Waals surface area contributed by atoms with Gasteiger partial charge in [0.15, 0.2) is 11.6 Å². The van der Waals surface area contributed by atoms with Crippen molar-refractivity contribution in [3.05, 3.63) is 76.6 Å². The maximum absolute atomic E-state index is 13.5. The lowest BCUT2D eigenvalue weighted by Gasteiger charge is -2.22. The van der Waals surface area contributed by atoms with E-state index in [1.165, 1.54) is 41.5 Å². The predicted molar refractivity (Wildman–Crippen MR) is 102 cm³/mol. The van der Waals surface area contributed by atoms with E-state index in [0.29, 0.717) is 11.3 Å². The monoisotopic (exact) mass is 399 g/mol. The zero-order valence-electron chi connectivity index (χ0n) is 15.8. The van der Waals surface area contributed by atoms with Crippen LogP contribution >= 0.6 is 0 Å². The Balaban J connectivity index is 1.85. The third kappa shape index (κ3) is 4.87. The standard InChI is InChI=1S/C20H19F2N5O2/c1-12(2)18(25-20(29)17-10-23-7-8-24-17)11-27-19(28)6-5-16(26-27)13-3-4-14(21)15(22)9-13/h3-10,12,18H,11H2,1-2H3,(H,25,29)/t18-/m0/s1. The molecule has 0 spiro atoms. The molecule has 0 aliphatic carbocycles. The molecule has 1 atom stereocenters. The van der Waals surface area contributed by atoms with E-state index >= 15 is 0 Å². The van der Waals surface area contributed by atoms with E-state index in [0.717, 1.165) is 12.1 Å². The second kappa shape index (κ2) is 8.68. The predicted octanol–water partition coefficient (Wildman–Crippen LogP) is 2.43. The molecule has 0 radical (unpaired) electrons. The van der Waals surface area contributed by atoms with E-state index in [-0.39, 0.29) is 23.7 Å². The highest BCUT2D eigenvalue weighted by molar-refractivity contribution is 5.92. The minimum atomic E-state index is -1.00. The van der Waals surface area contributed by atoms with Crippen LogP contribution in [0.4, 0.5) is 8.78 Å². The summed E-state index contributed by atoms with van der Waals surface area (Å²) >= 11 is 0. The Morgan fingerprint density at radius 2 is 1.93 bits per heavy atom. The summed E-state index contributed by atoms with van der Waals surface area (Å²) in [4.78, 5) is 32.5. The summed E-state index contributed by atoms with van der Waals surface area (Å²) < 4.78 is 27.9. The molecule has 0 unspecified atom stereocenters.